The maximum Gasteiger partial charge on any atom is 0.0330 e. The van der Waals surface area contributed by atoms with Crippen molar-refractivity contribution in [2.45, 2.75) is 72.5 Å². The lowest BCUT2D eigenvalue weighted by Crippen LogP contribution is -2.30. The molecule has 20 heavy (non-hydrogen) atoms. The lowest BCUT2D eigenvalue weighted by molar-refractivity contribution is 0.210. The molecular weight excluding hydrogens is 264 g/mol. The van der Waals surface area contributed by atoms with Gasteiger partial charge in [-0.2, -0.15) is 0 Å². The average Bonchev–Trinajstić information content (AvgIpc) is 2.86. The van der Waals surface area contributed by atoms with Gasteiger partial charge in [-0.25, -0.2) is 0 Å². The van der Waals surface area contributed by atoms with Crippen molar-refractivity contribution < 1.29 is 0 Å². The van der Waals surface area contributed by atoms with E-state index in [0.29, 0.717) is 6.04 Å². The fourth-order valence-electron chi connectivity index (χ4n) is 2.28. The average molecular weight is 297 g/mol. The molecule has 1 heterocycles. The largest absolute Gasteiger partial charge is 0.312 e. The molecule has 1 aromatic rings. The van der Waals surface area contributed by atoms with Gasteiger partial charge in [-0.3, -0.25) is 4.90 Å². The van der Waals surface area contributed by atoms with Crippen LogP contribution >= 0.6 is 11.3 Å². The SMILES string of the molecule is CCCCCN(Cc1ccc(CNCCC)s1)C(C)C. The highest BCUT2D eigenvalue weighted by atomic mass is 32.1. The zero-order valence-electron chi connectivity index (χ0n) is 13.7. The van der Waals surface area contributed by atoms with Crippen molar-refractivity contribution >= 4 is 11.3 Å². The molecule has 0 amide bonds. The third-order valence-corrected chi connectivity index (χ3v) is 4.65. The topological polar surface area (TPSA) is 15.3 Å². The molecule has 0 aliphatic rings. The summed E-state index contributed by atoms with van der Waals surface area (Å²) in [6.45, 7) is 13.6. The molecule has 0 aliphatic carbocycles. The second kappa shape index (κ2) is 10.4. The molecule has 0 bridgehead atoms. The van der Waals surface area contributed by atoms with E-state index in [0.717, 1.165) is 19.6 Å². The first-order chi connectivity index (χ1) is 9.67. The molecular formula is C17H32N2S. The van der Waals surface area contributed by atoms with Crippen LogP contribution in [0.5, 0.6) is 0 Å². The van der Waals surface area contributed by atoms with Crippen molar-refractivity contribution in [2.24, 2.45) is 0 Å². The van der Waals surface area contributed by atoms with Crippen LogP contribution < -0.4 is 5.32 Å². The third kappa shape index (κ3) is 6.87. The molecule has 116 valence electrons. The Morgan fingerprint density at radius 3 is 2.50 bits per heavy atom. The Hall–Kier alpha value is -0.380. The van der Waals surface area contributed by atoms with E-state index >= 15 is 0 Å². The Balaban J connectivity index is 2.43. The zero-order chi connectivity index (χ0) is 14.8. The Morgan fingerprint density at radius 1 is 1.10 bits per heavy atom. The van der Waals surface area contributed by atoms with Gasteiger partial charge in [0.2, 0.25) is 0 Å². The van der Waals surface area contributed by atoms with Gasteiger partial charge in [-0.15, -0.1) is 11.3 Å². The van der Waals surface area contributed by atoms with E-state index in [2.05, 4.69) is 50.0 Å². The monoisotopic (exact) mass is 296 g/mol. The summed E-state index contributed by atoms with van der Waals surface area (Å²) in [6, 6.07) is 5.23. The van der Waals surface area contributed by atoms with Crippen molar-refractivity contribution in [1.29, 1.82) is 0 Å². The second-order valence-corrected chi connectivity index (χ2v) is 7.07. The third-order valence-electron chi connectivity index (χ3n) is 3.58. The fraction of sp³-hybridized carbons (Fsp3) is 0.765. The van der Waals surface area contributed by atoms with E-state index < -0.39 is 0 Å². The summed E-state index contributed by atoms with van der Waals surface area (Å²) in [7, 11) is 0. The van der Waals surface area contributed by atoms with Crippen LogP contribution in [0.2, 0.25) is 0 Å². The number of thiophene rings is 1. The van der Waals surface area contributed by atoms with Gasteiger partial charge in [-0.05, 0) is 51.9 Å². The molecule has 0 saturated heterocycles. The fourth-order valence-corrected chi connectivity index (χ4v) is 3.29. The van der Waals surface area contributed by atoms with Gasteiger partial charge in [0.15, 0.2) is 0 Å². The summed E-state index contributed by atoms with van der Waals surface area (Å²) in [5.74, 6) is 0. The number of hydrogen-bond donors (Lipinski definition) is 1. The van der Waals surface area contributed by atoms with Crippen LogP contribution in [0.25, 0.3) is 0 Å². The van der Waals surface area contributed by atoms with E-state index in [4.69, 9.17) is 0 Å². The molecule has 1 rings (SSSR count). The summed E-state index contributed by atoms with van der Waals surface area (Å²) >= 11 is 1.96. The van der Waals surface area contributed by atoms with Gasteiger partial charge < -0.3 is 5.32 Å². The van der Waals surface area contributed by atoms with Crippen LogP contribution in [0.15, 0.2) is 12.1 Å². The maximum absolute atomic E-state index is 3.48. The summed E-state index contributed by atoms with van der Waals surface area (Å²) in [4.78, 5) is 5.57. The number of rotatable bonds is 11. The van der Waals surface area contributed by atoms with Gasteiger partial charge in [0.05, 0.1) is 0 Å². The summed E-state index contributed by atoms with van der Waals surface area (Å²) in [6.07, 6.45) is 5.18. The molecule has 0 spiro atoms. The smallest absolute Gasteiger partial charge is 0.0330 e. The first kappa shape index (κ1) is 17.7. The lowest BCUT2D eigenvalue weighted by atomic mass is 10.2. The molecule has 0 saturated carbocycles. The van der Waals surface area contributed by atoms with Crippen molar-refractivity contribution in [1.82, 2.24) is 10.2 Å². The molecule has 0 radical (unpaired) electrons. The van der Waals surface area contributed by atoms with Crippen molar-refractivity contribution in [3.8, 4) is 0 Å². The highest BCUT2D eigenvalue weighted by molar-refractivity contribution is 7.11. The summed E-state index contributed by atoms with van der Waals surface area (Å²) in [5, 5.41) is 3.48. The van der Waals surface area contributed by atoms with Crippen LogP contribution in [0.1, 0.15) is 63.1 Å². The minimum Gasteiger partial charge on any atom is -0.312 e. The minimum absolute atomic E-state index is 0.635. The highest BCUT2D eigenvalue weighted by Crippen LogP contribution is 2.19. The van der Waals surface area contributed by atoms with Gasteiger partial charge in [0.25, 0.3) is 0 Å². The number of nitrogens with one attached hydrogen (secondary N) is 1. The van der Waals surface area contributed by atoms with Crippen molar-refractivity contribution in [2.75, 3.05) is 13.1 Å². The highest BCUT2D eigenvalue weighted by Gasteiger charge is 2.11. The summed E-state index contributed by atoms with van der Waals surface area (Å²) < 4.78 is 0. The van der Waals surface area contributed by atoms with Crippen LogP contribution in [-0.2, 0) is 13.1 Å². The summed E-state index contributed by atoms with van der Waals surface area (Å²) in [5.41, 5.74) is 0. The molecule has 0 aromatic carbocycles. The quantitative estimate of drug-likeness (QED) is 0.598. The lowest BCUT2D eigenvalue weighted by Gasteiger charge is -2.25. The normalized spacial score (nSPS) is 11.7. The molecule has 3 heteroatoms. The molecule has 0 aliphatic heterocycles. The van der Waals surface area contributed by atoms with Crippen molar-refractivity contribution in [3.05, 3.63) is 21.9 Å². The van der Waals surface area contributed by atoms with E-state index in [1.807, 2.05) is 11.3 Å². The molecule has 0 atom stereocenters. The first-order valence-corrected chi connectivity index (χ1v) is 9.01. The predicted molar refractivity (Wildman–Crippen MR) is 91.4 cm³/mol. The van der Waals surface area contributed by atoms with E-state index in [-0.39, 0.29) is 0 Å². The maximum atomic E-state index is 3.48. The Labute approximate surface area is 129 Å². The second-order valence-electron chi connectivity index (χ2n) is 5.82. The van der Waals surface area contributed by atoms with Gasteiger partial charge >= 0.3 is 0 Å². The molecule has 1 N–H and O–H groups in total. The molecule has 1 aromatic heterocycles. The predicted octanol–water partition coefficient (Wildman–Crippen LogP) is 4.65. The van der Waals surface area contributed by atoms with Crippen LogP contribution in [0, 0.1) is 0 Å². The number of hydrogen-bond acceptors (Lipinski definition) is 3. The van der Waals surface area contributed by atoms with Gasteiger partial charge in [0, 0.05) is 28.9 Å². The van der Waals surface area contributed by atoms with E-state index in [1.165, 1.54) is 42.0 Å². The van der Waals surface area contributed by atoms with Crippen molar-refractivity contribution in [3.63, 3.8) is 0 Å². The van der Waals surface area contributed by atoms with Gasteiger partial charge in [0.1, 0.15) is 0 Å². The first-order valence-electron chi connectivity index (χ1n) is 8.19. The van der Waals surface area contributed by atoms with Gasteiger partial charge in [-0.1, -0.05) is 26.7 Å². The Kier molecular flexibility index (Phi) is 9.16. The Bertz CT molecular complexity index is 347. The Morgan fingerprint density at radius 2 is 1.85 bits per heavy atom. The number of nitrogens with zero attached hydrogens (tertiary/aromatic N) is 1. The molecule has 0 fully saturated rings. The number of unbranched alkanes of at least 4 members (excludes halogenated alkanes) is 2. The molecule has 2 nitrogen and oxygen atoms in total. The standard InChI is InChI=1S/C17H32N2S/c1-5-7-8-12-19(15(3)4)14-17-10-9-16(20-17)13-18-11-6-2/h9-10,15,18H,5-8,11-14H2,1-4H3. The van der Waals surface area contributed by atoms with E-state index in [1.54, 1.807) is 0 Å². The molecule has 0 unspecified atom stereocenters. The minimum atomic E-state index is 0.635. The van der Waals surface area contributed by atoms with Crippen LogP contribution in [0.4, 0.5) is 0 Å². The van der Waals surface area contributed by atoms with Crippen LogP contribution in [0.3, 0.4) is 0 Å². The van der Waals surface area contributed by atoms with Crippen LogP contribution in [-0.4, -0.2) is 24.0 Å². The van der Waals surface area contributed by atoms with E-state index in [9.17, 15) is 0 Å². The zero-order valence-corrected chi connectivity index (χ0v) is 14.6.